The molecule has 2 heterocycles. The fourth-order valence-electron chi connectivity index (χ4n) is 2.01. The van der Waals surface area contributed by atoms with E-state index in [0.29, 0.717) is 23.0 Å². The van der Waals surface area contributed by atoms with Gasteiger partial charge in [0.25, 0.3) is 0 Å². The molecule has 7 heteroatoms. The van der Waals surface area contributed by atoms with Crippen molar-refractivity contribution in [1.82, 2.24) is 0 Å². The molecule has 6 nitrogen and oxygen atoms in total. The van der Waals surface area contributed by atoms with Gasteiger partial charge in [0, 0.05) is 11.0 Å². The van der Waals surface area contributed by atoms with Crippen LogP contribution in [-0.4, -0.2) is 15.2 Å². The van der Waals surface area contributed by atoms with Crippen molar-refractivity contribution in [3.8, 4) is 22.8 Å². The lowest BCUT2D eigenvalue weighted by atomic mass is 10.1. The predicted molar refractivity (Wildman–Crippen MR) is 77.1 cm³/mol. The van der Waals surface area contributed by atoms with E-state index in [-0.39, 0.29) is 6.79 Å². The number of nitrogens with two attached hydrogens (primary N) is 1. The quantitative estimate of drug-likeness (QED) is 0.939. The third kappa shape index (κ3) is 2.93. The average molecular weight is 307 g/mol. The van der Waals surface area contributed by atoms with Crippen LogP contribution in [0.2, 0.25) is 0 Å². The van der Waals surface area contributed by atoms with Gasteiger partial charge >= 0.3 is 0 Å². The van der Waals surface area contributed by atoms with Gasteiger partial charge in [-0.3, -0.25) is 0 Å². The standard InChI is InChI=1S/C14H13NO5S/c1-9-6-13(20-11(9)4-5-21(15,16)17)10-2-3-12-14(7-10)19-8-18-12/h2-7H,8H2,1H3,(H2,15,16,17)/b5-4+. The maximum Gasteiger partial charge on any atom is 0.231 e. The van der Waals surface area contributed by atoms with E-state index >= 15 is 0 Å². The molecule has 2 aromatic rings. The minimum Gasteiger partial charge on any atom is -0.456 e. The van der Waals surface area contributed by atoms with Crippen molar-refractivity contribution in [3.05, 3.63) is 41.0 Å². The minimum atomic E-state index is -3.68. The summed E-state index contributed by atoms with van der Waals surface area (Å²) in [5.74, 6) is 2.40. The van der Waals surface area contributed by atoms with Gasteiger partial charge in [0.05, 0.1) is 0 Å². The van der Waals surface area contributed by atoms with Crippen molar-refractivity contribution in [2.45, 2.75) is 6.92 Å². The van der Waals surface area contributed by atoms with Crippen molar-refractivity contribution >= 4 is 16.1 Å². The van der Waals surface area contributed by atoms with Crippen molar-refractivity contribution in [3.63, 3.8) is 0 Å². The Hall–Kier alpha value is -2.25. The largest absolute Gasteiger partial charge is 0.456 e. The molecule has 0 bridgehead atoms. The maximum atomic E-state index is 10.9. The number of aryl methyl sites for hydroxylation is 1. The molecule has 0 saturated heterocycles. The fraction of sp³-hybridized carbons (Fsp3) is 0.143. The third-order valence-corrected chi connectivity index (χ3v) is 3.54. The van der Waals surface area contributed by atoms with Crippen LogP contribution in [0.3, 0.4) is 0 Å². The predicted octanol–water partition coefficient (Wildman–Crippen LogP) is 2.24. The number of sulfonamides is 1. The Morgan fingerprint density at radius 1 is 1.19 bits per heavy atom. The zero-order valence-electron chi connectivity index (χ0n) is 11.2. The molecule has 1 aliphatic rings. The summed E-state index contributed by atoms with van der Waals surface area (Å²) in [6.07, 6.45) is 1.33. The van der Waals surface area contributed by atoms with Gasteiger partial charge in [-0.05, 0) is 42.8 Å². The monoisotopic (exact) mass is 307 g/mol. The molecule has 0 amide bonds. The second-order valence-electron chi connectivity index (χ2n) is 4.62. The Balaban J connectivity index is 1.95. The summed E-state index contributed by atoms with van der Waals surface area (Å²) in [6, 6.07) is 7.28. The second kappa shape index (κ2) is 4.94. The summed E-state index contributed by atoms with van der Waals surface area (Å²) in [5, 5.41) is 5.83. The van der Waals surface area contributed by atoms with E-state index in [9.17, 15) is 8.42 Å². The minimum absolute atomic E-state index is 0.207. The Kier molecular flexibility index (Phi) is 3.23. The Morgan fingerprint density at radius 3 is 2.71 bits per heavy atom. The Bertz CT molecular complexity index is 820. The molecular weight excluding hydrogens is 294 g/mol. The second-order valence-corrected chi connectivity index (χ2v) is 6.07. The Labute approximate surface area is 121 Å². The lowest BCUT2D eigenvalue weighted by molar-refractivity contribution is 0.174. The van der Waals surface area contributed by atoms with E-state index in [2.05, 4.69) is 0 Å². The lowest BCUT2D eigenvalue weighted by Gasteiger charge is -1.99. The average Bonchev–Trinajstić information content (AvgIpc) is 3.01. The Morgan fingerprint density at radius 2 is 1.95 bits per heavy atom. The molecule has 3 rings (SSSR count). The highest BCUT2D eigenvalue weighted by Crippen LogP contribution is 2.37. The number of hydrogen-bond donors (Lipinski definition) is 1. The highest BCUT2D eigenvalue weighted by molar-refractivity contribution is 7.92. The number of hydrogen-bond acceptors (Lipinski definition) is 5. The number of ether oxygens (including phenoxy) is 2. The molecule has 1 aromatic heterocycles. The highest BCUT2D eigenvalue weighted by atomic mass is 32.2. The van der Waals surface area contributed by atoms with Gasteiger partial charge < -0.3 is 13.9 Å². The van der Waals surface area contributed by atoms with Crippen LogP contribution < -0.4 is 14.6 Å². The van der Waals surface area contributed by atoms with Crippen LogP contribution in [0.15, 0.2) is 34.1 Å². The maximum absolute atomic E-state index is 10.9. The summed E-state index contributed by atoms with van der Waals surface area (Å²) < 4.78 is 38.1. The van der Waals surface area contributed by atoms with E-state index in [4.69, 9.17) is 19.0 Å². The summed E-state index contributed by atoms with van der Waals surface area (Å²) in [4.78, 5) is 0. The van der Waals surface area contributed by atoms with Crippen molar-refractivity contribution in [2.75, 3.05) is 6.79 Å². The lowest BCUT2D eigenvalue weighted by Crippen LogP contribution is -2.06. The molecule has 21 heavy (non-hydrogen) atoms. The molecule has 1 aliphatic heterocycles. The van der Waals surface area contributed by atoms with Gasteiger partial charge in [-0.15, -0.1) is 0 Å². The molecule has 0 radical (unpaired) electrons. The molecule has 0 atom stereocenters. The molecule has 110 valence electrons. The third-order valence-electron chi connectivity index (χ3n) is 3.02. The SMILES string of the molecule is Cc1cc(-c2ccc3c(c2)OCO3)oc1/C=C/S(N)(=O)=O. The summed E-state index contributed by atoms with van der Waals surface area (Å²) in [5.41, 5.74) is 1.63. The first kappa shape index (κ1) is 13.7. The normalized spacial score (nSPS) is 14.0. The van der Waals surface area contributed by atoms with E-state index in [1.165, 1.54) is 6.08 Å². The van der Waals surface area contributed by atoms with Crippen LogP contribution in [0.5, 0.6) is 11.5 Å². The highest BCUT2D eigenvalue weighted by Gasteiger charge is 2.16. The van der Waals surface area contributed by atoms with E-state index < -0.39 is 10.0 Å². The van der Waals surface area contributed by atoms with Crippen molar-refractivity contribution in [2.24, 2.45) is 5.14 Å². The number of fused-ring (bicyclic) bond motifs is 1. The van der Waals surface area contributed by atoms with Gasteiger partial charge in [-0.25, -0.2) is 13.6 Å². The molecule has 0 aliphatic carbocycles. The molecular formula is C14H13NO5S. The summed E-state index contributed by atoms with van der Waals surface area (Å²) in [7, 11) is -3.68. The fourth-order valence-corrected chi connectivity index (χ4v) is 2.32. The topological polar surface area (TPSA) is 91.8 Å². The van der Waals surface area contributed by atoms with Crippen LogP contribution in [0.1, 0.15) is 11.3 Å². The smallest absolute Gasteiger partial charge is 0.231 e. The molecule has 2 N–H and O–H groups in total. The van der Waals surface area contributed by atoms with Crippen LogP contribution in [0, 0.1) is 6.92 Å². The van der Waals surface area contributed by atoms with Gasteiger partial charge in [-0.2, -0.15) is 0 Å². The first-order valence-corrected chi connectivity index (χ1v) is 7.75. The molecule has 0 spiro atoms. The summed E-state index contributed by atoms with van der Waals surface area (Å²) >= 11 is 0. The van der Waals surface area contributed by atoms with Gasteiger partial charge in [0.1, 0.15) is 11.5 Å². The van der Waals surface area contributed by atoms with Gasteiger partial charge in [0.15, 0.2) is 11.5 Å². The number of benzene rings is 1. The van der Waals surface area contributed by atoms with Crippen LogP contribution in [0.4, 0.5) is 0 Å². The first-order chi connectivity index (χ1) is 9.92. The molecule has 1 aromatic carbocycles. The van der Waals surface area contributed by atoms with Crippen LogP contribution in [0.25, 0.3) is 17.4 Å². The summed E-state index contributed by atoms with van der Waals surface area (Å²) in [6.45, 7) is 2.03. The number of rotatable bonds is 3. The van der Waals surface area contributed by atoms with Gasteiger partial charge in [0.2, 0.25) is 16.8 Å². The van der Waals surface area contributed by atoms with Crippen molar-refractivity contribution in [1.29, 1.82) is 0 Å². The number of primary sulfonamides is 1. The molecule has 0 saturated carbocycles. The molecule has 0 fully saturated rings. The van der Waals surface area contributed by atoms with Crippen molar-refractivity contribution < 1.29 is 22.3 Å². The van der Waals surface area contributed by atoms with E-state index in [1.807, 2.05) is 25.1 Å². The van der Waals surface area contributed by atoms with Crippen LogP contribution in [-0.2, 0) is 10.0 Å². The zero-order chi connectivity index (χ0) is 15.0. The van der Waals surface area contributed by atoms with E-state index in [0.717, 1.165) is 16.5 Å². The zero-order valence-corrected chi connectivity index (χ0v) is 12.0. The molecule has 0 unspecified atom stereocenters. The van der Waals surface area contributed by atoms with Gasteiger partial charge in [-0.1, -0.05) is 0 Å². The van der Waals surface area contributed by atoms with E-state index in [1.54, 1.807) is 6.07 Å². The first-order valence-electron chi connectivity index (χ1n) is 6.14. The van der Waals surface area contributed by atoms with Crippen LogP contribution >= 0.6 is 0 Å². The number of furan rings is 1.